The van der Waals surface area contributed by atoms with Crippen molar-refractivity contribution in [2.75, 3.05) is 19.7 Å². The van der Waals surface area contributed by atoms with Gasteiger partial charge in [0.2, 0.25) is 0 Å². The van der Waals surface area contributed by atoms with E-state index in [0.29, 0.717) is 23.8 Å². The highest BCUT2D eigenvalue weighted by molar-refractivity contribution is 5.49. The van der Waals surface area contributed by atoms with E-state index in [-0.39, 0.29) is 10.6 Å². The van der Waals surface area contributed by atoms with Crippen LogP contribution in [-0.4, -0.2) is 24.6 Å². The molecule has 1 aromatic rings. The van der Waals surface area contributed by atoms with Crippen LogP contribution in [0.25, 0.3) is 0 Å². The molecule has 1 saturated heterocycles. The summed E-state index contributed by atoms with van der Waals surface area (Å²) in [6.45, 7) is 6.27. The first kappa shape index (κ1) is 12.8. The lowest BCUT2D eigenvalue weighted by atomic mass is 10.1. The maximum absolute atomic E-state index is 10.9. The van der Waals surface area contributed by atoms with E-state index in [2.05, 4.69) is 5.32 Å². The van der Waals surface area contributed by atoms with Gasteiger partial charge in [0, 0.05) is 18.0 Å². The van der Waals surface area contributed by atoms with Gasteiger partial charge in [-0.3, -0.25) is 10.1 Å². The number of benzene rings is 1. The molecule has 18 heavy (non-hydrogen) atoms. The summed E-state index contributed by atoms with van der Waals surface area (Å²) in [5, 5.41) is 14.2. The van der Waals surface area contributed by atoms with Gasteiger partial charge in [0.15, 0.2) is 0 Å². The first-order valence-corrected chi connectivity index (χ1v) is 6.17. The van der Waals surface area contributed by atoms with Crippen LogP contribution in [0.2, 0.25) is 0 Å². The lowest BCUT2D eigenvalue weighted by Crippen LogP contribution is -2.15. The summed E-state index contributed by atoms with van der Waals surface area (Å²) in [5.74, 6) is 1.13. The standard InChI is InChI=1S/C13H18N2O3/c1-9-5-10(2)13(6-12(9)15(16)17)18-8-11-3-4-14-7-11/h5-6,11,14H,3-4,7-8H2,1-2H3. The third-order valence-corrected chi connectivity index (χ3v) is 3.33. The molecule has 0 radical (unpaired) electrons. The van der Waals surface area contributed by atoms with E-state index in [1.165, 1.54) is 6.07 Å². The van der Waals surface area contributed by atoms with E-state index >= 15 is 0 Å². The smallest absolute Gasteiger partial charge is 0.276 e. The molecule has 1 aliphatic heterocycles. The molecule has 98 valence electrons. The molecular formula is C13H18N2O3. The minimum atomic E-state index is -0.362. The highest BCUT2D eigenvalue weighted by Gasteiger charge is 2.18. The molecular weight excluding hydrogens is 232 g/mol. The molecule has 0 aromatic heterocycles. The fourth-order valence-electron chi connectivity index (χ4n) is 2.24. The molecule has 1 fully saturated rings. The van der Waals surface area contributed by atoms with Crippen molar-refractivity contribution < 1.29 is 9.66 Å². The molecule has 1 heterocycles. The second-order valence-corrected chi connectivity index (χ2v) is 4.83. The summed E-state index contributed by atoms with van der Waals surface area (Å²) in [6, 6.07) is 3.34. The summed E-state index contributed by atoms with van der Waals surface area (Å²) >= 11 is 0. The van der Waals surface area contributed by atoms with E-state index in [0.717, 1.165) is 25.1 Å². The molecule has 1 atom stereocenters. The van der Waals surface area contributed by atoms with Crippen LogP contribution in [0.15, 0.2) is 12.1 Å². The van der Waals surface area contributed by atoms with Crippen LogP contribution >= 0.6 is 0 Å². The van der Waals surface area contributed by atoms with Crippen LogP contribution < -0.4 is 10.1 Å². The summed E-state index contributed by atoms with van der Waals surface area (Å²) in [5.41, 5.74) is 1.75. The first-order chi connectivity index (χ1) is 8.58. The predicted molar refractivity (Wildman–Crippen MR) is 69.0 cm³/mol. The quantitative estimate of drug-likeness (QED) is 0.657. The van der Waals surface area contributed by atoms with Gasteiger partial charge in [-0.2, -0.15) is 0 Å². The SMILES string of the molecule is Cc1cc(C)c([N+](=O)[O-])cc1OCC1CCNC1. The first-order valence-electron chi connectivity index (χ1n) is 6.17. The van der Waals surface area contributed by atoms with Gasteiger partial charge in [-0.1, -0.05) is 0 Å². The predicted octanol–water partition coefficient (Wildman–Crippen LogP) is 2.20. The summed E-state index contributed by atoms with van der Waals surface area (Å²) in [6.07, 6.45) is 1.10. The Bertz CT molecular complexity index is 454. The molecule has 1 N–H and O–H groups in total. The number of hydrogen-bond acceptors (Lipinski definition) is 4. The van der Waals surface area contributed by atoms with Crippen molar-refractivity contribution in [3.05, 3.63) is 33.4 Å². The highest BCUT2D eigenvalue weighted by Crippen LogP contribution is 2.28. The number of nitrogens with one attached hydrogen (secondary N) is 1. The van der Waals surface area contributed by atoms with Gasteiger partial charge in [-0.25, -0.2) is 0 Å². The minimum Gasteiger partial charge on any atom is -0.493 e. The van der Waals surface area contributed by atoms with Crippen molar-refractivity contribution >= 4 is 5.69 Å². The second kappa shape index (κ2) is 5.35. The molecule has 0 spiro atoms. The third-order valence-electron chi connectivity index (χ3n) is 3.33. The number of nitrogens with zero attached hydrogens (tertiary/aromatic N) is 1. The zero-order valence-corrected chi connectivity index (χ0v) is 10.7. The Kier molecular flexibility index (Phi) is 3.81. The third kappa shape index (κ3) is 2.79. The summed E-state index contributed by atoms with van der Waals surface area (Å²) in [7, 11) is 0. The normalized spacial score (nSPS) is 18.9. The summed E-state index contributed by atoms with van der Waals surface area (Å²) < 4.78 is 5.72. The molecule has 1 unspecified atom stereocenters. The van der Waals surface area contributed by atoms with Gasteiger partial charge in [0.25, 0.3) is 5.69 Å². The fourth-order valence-corrected chi connectivity index (χ4v) is 2.24. The zero-order valence-electron chi connectivity index (χ0n) is 10.7. The van der Waals surface area contributed by atoms with Crippen molar-refractivity contribution in [3.63, 3.8) is 0 Å². The van der Waals surface area contributed by atoms with Crippen molar-refractivity contribution in [1.82, 2.24) is 5.32 Å². The topological polar surface area (TPSA) is 64.4 Å². The van der Waals surface area contributed by atoms with E-state index in [9.17, 15) is 10.1 Å². The van der Waals surface area contributed by atoms with Crippen LogP contribution in [0.1, 0.15) is 17.5 Å². The highest BCUT2D eigenvalue weighted by atomic mass is 16.6. The largest absolute Gasteiger partial charge is 0.493 e. The molecule has 2 rings (SSSR count). The van der Waals surface area contributed by atoms with Gasteiger partial charge in [0.05, 0.1) is 17.6 Å². The van der Waals surface area contributed by atoms with Gasteiger partial charge in [-0.05, 0) is 38.4 Å². The van der Waals surface area contributed by atoms with Crippen molar-refractivity contribution in [2.45, 2.75) is 20.3 Å². The Morgan fingerprint density at radius 3 is 2.83 bits per heavy atom. The molecule has 5 nitrogen and oxygen atoms in total. The van der Waals surface area contributed by atoms with E-state index in [1.54, 1.807) is 13.0 Å². The maximum Gasteiger partial charge on any atom is 0.276 e. The van der Waals surface area contributed by atoms with E-state index in [4.69, 9.17) is 4.74 Å². The Morgan fingerprint density at radius 1 is 1.44 bits per heavy atom. The molecule has 1 aromatic carbocycles. The Labute approximate surface area is 106 Å². The van der Waals surface area contributed by atoms with E-state index < -0.39 is 0 Å². The number of ether oxygens (including phenoxy) is 1. The van der Waals surface area contributed by atoms with Crippen LogP contribution in [0.4, 0.5) is 5.69 Å². The molecule has 0 saturated carbocycles. The molecule has 0 amide bonds. The maximum atomic E-state index is 10.9. The van der Waals surface area contributed by atoms with Crippen LogP contribution in [0, 0.1) is 29.9 Å². The summed E-state index contributed by atoms with van der Waals surface area (Å²) in [4.78, 5) is 10.5. The monoisotopic (exact) mass is 250 g/mol. The number of aryl methyl sites for hydroxylation is 2. The number of nitro groups is 1. The van der Waals surface area contributed by atoms with Gasteiger partial charge in [-0.15, -0.1) is 0 Å². The van der Waals surface area contributed by atoms with Crippen LogP contribution in [0.3, 0.4) is 0 Å². The number of rotatable bonds is 4. The average molecular weight is 250 g/mol. The Hall–Kier alpha value is -1.62. The van der Waals surface area contributed by atoms with Crippen LogP contribution in [-0.2, 0) is 0 Å². The molecule has 0 aliphatic carbocycles. The lowest BCUT2D eigenvalue weighted by Gasteiger charge is -2.13. The van der Waals surface area contributed by atoms with Gasteiger partial charge in [0.1, 0.15) is 5.75 Å². The van der Waals surface area contributed by atoms with Crippen LogP contribution in [0.5, 0.6) is 5.75 Å². The van der Waals surface area contributed by atoms with Crippen molar-refractivity contribution in [1.29, 1.82) is 0 Å². The fraction of sp³-hybridized carbons (Fsp3) is 0.538. The van der Waals surface area contributed by atoms with Gasteiger partial charge >= 0.3 is 0 Å². The number of hydrogen-bond donors (Lipinski definition) is 1. The average Bonchev–Trinajstić information content (AvgIpc) is 2.80. The molecule has 5 heteroatoms. The number of nitro benzene ring substituents is 1. The lowest BCUT2D eigenvalue weighted by molar-refractivity contribution is -0.385. The molecule has 1 aliphatic rings. The van der Waals surface area contributed by atoms with Crippen molar-refractivity contribution in [2.24, 2.45) is 5.92 Å². The Morgan fingerprint density at radius 2 is 2.22 bits per heavy atom. The Balaban J connectivity index is 2.11. The molecule has 0 bridgehead atoms. The second-order valence-electron chi connectivity index (χ2n) is 4.83. The minimum absolute atomic E-state index is 0.125. The van der Waals surface area contributed by atoms with E-state index in [1.807, 2.05) is 6.92 Å². The van der Waals surface area contributed by atoms with Crippen molar-refractivity contribution in [3.8, 4) is 5.75 Å². The van der Waals surface area contributed by atoms with Gasteiger partial charge < -0.3 is 10.1 Å². The zero-order chi connectivity index (χ0) is 13.1.